The third kappa shape index (κ3) is 4.30. The van der Waals surface area contributed by atoms with Crippen LogP contribution < -0.4 is 5.32 Å². The highest BCUT2D eigenvalue weighted by atomic mass is 35.5. The number of aryl methyl sites for hydroxylation is 1. The van der Waals surface area contributed by atoms with E-state index < -0.39 is 34.2 Å². The molecule has 1 aliphatic rings. The number of benzene rings is 2. The molecule has 0 radical (unpaired) electrons. The number of halogens is 1. The first-order valence-electron chi connectivity index (χ1n) is 8.68. The van der Waals surface area contributed by atoms with Crippen molar-refractivity contribution < 1.29 is 23.4 Å². The Morgan fingerprint density at radius 2 is 1.75 bits per heavy atom. The molecular formula is C19H21ClN2O5S. The fourth-order valence-electron chi connectivity index (χ4n) is 3.40. The molecule has 0 spiro atoms. The summed E-state index contributed by atoms with van der Waals surface area (Å²) in [5.74, 6) is -0.641. The van der Waals surface area contributed by atoms with Gasteiger partial charge in [-0.15, -0.1) is 0 Å². The van der Waals surface area contributed by atoms with Crippen molar-refractivity contribution in [1.82, 2.24) is 9.62 Å². The molecule has 2 aromatic rings. The van der Waals surface area contributed by atoms with Gasteiger partial charge >= 0.3 is 6.09 Å². The minimum Gasteiger partial charge on any atom is -0.465 e. The van der Waals surface area contributed by atoms with Crippen LogP contribution >= 0.6 is 11.6 Å². The van der Waals surface area contributed by atoms with Gasteiger partial charge in [0.05, 0.1) is 17.0 Å². The molecule has 28 heavy (non-hydrogen) atoms. The van der Waals surface area contributed by atoms with Gasteiger partial charge in [-0.1, -0.05) is 41.4 Å². The summed E-state index contributed by atoms with van der Waals surface area (Å²) in [7, 11) is -3.80. The normalized spacial score (nSPS) is 21.4. The van der Waals surface area contributed by atoms with Crippen LogP contribution in [-0.2, 0) is 10.0 Å². The molecule has 0 saturated carbocycles. The molecule has 3 atom stereocenters. The van der Waals surface area contributed by atoms with Gasteiger partial charge < -0.3 is 15.5 Å². The first-order valence-corrected chi connectivity index (χ1v) is 10.5. The first kappa shape index (κ1) is 20.6. The predicted molar refractivity (Wildman–Crippen MR) is 105 cm³/mol. The van der Waals surface area contributed by atoms with Gasteiger partial charge in [-0.25, -0.2) is 13.2 Å². The number of hydrogen-bond acceptors (Lipinski definition) is 4. The van der Waals surface area contributed by atoms with Crippen molar-refractivity contribution in [3.8, 4) is 0 Å². The molecule has 150 valence electrons. The highest BCUT2D eigenvalue weighted by Gasteiger charge is 2.43. The van der Waals surface area contributed by atoms with Gasteiger partial charge in [0.2, 0.25) is 10.0 Å². The molecule has 1 amide bonds. The topological polar surface area (TPSA) is 107 Å². The van der Waals surface area contributed by atoms with Gasteiger partial charge in [0.1, 0.15) is 0 Å². The maximum absolute atomic E-state index is 12.9. The number of aliphatic hydroxyl groups excluding tert-OH is 1. The number of rotatable bonds is 5. The van der Waals surface area contributed by atoms with E-state index >= 15 is 0 Å². The number of nitrogens with one attached hydrogen (secondary N) is 1. The maximum atomic E-state index is 12.9. The minimum absolute atomic E-state index is 0.00898. The fourth-order valence-corrected chi connectivity index (χ4v) is 5.02. The molecule has 0 bridgehead atoms. The zero-order valence-electron chi connectivity index (χ0n) is 15.1. The molecule has 1 aliphatic heterocycles. The highest BCUT2D eigenvalue weighted by molar-refractivity contribution is 7.89. The monoisotopic (exact) mass is 424 g/mol. The van der Waals surface area contributed by atoms with Crippen molar-refractivity contribution in [2.45, 2.75) is 24.0 Å². The molecule has 2 aromatic carbocycles. The van der Waals surface area contributed by atoms with E-state index in [9.17, 15) is 23.4 Å². The zero-order chi connectivity index (χ0) is 20.5. The summed E-state index contributed by atoms with van der Waals surface area (Å²) in [6.45, 7) is 1.75. The van der Waals surface area contributed by atoms with Crippen LogP contribution in [0.3, 0.4) is 0 Å². The van der Waals surface area contributed by atoms with Crippen LogP contribution in [0.2, 0.25) is 5.02 Å². The number of aliphatic hydroxyl groups is 1. The lowest BCUT2D eigenvalue weighted by Crippen LogP contribution is -2.37. The Hall–Kier alpha value is -2.13. The van der Waals surface area contributed by atoms with E-state index in [0.29, 0.717) is 10.6 Å². The van der Waals surface area contributed by atoms with E-state index in [0.717, 1.165) is 5.56 Å². The van der Waals surface area contributed by atoms with Crippen molar-refractivity contribution in [2.75, 3.05) is 13.1 Å². The van der Waals surface area contributed by atoms with E-state index in [1.165, 1.54) is 16.4 Å². The van der Waals surface area contributed by atoms with Crippen molar-refractivity contribution in [1.29, 1.82) is 0 Å². The second-order valence-corrected chi connectivity index (χ2v) is 9.22. The molecule has 1 fully saturated rings. The zero-order valence-corrected chi connectivity index (χ0v) is 16.7. The summed E-state index contributed by atoms with van der Waals surface area (Å²) in [5.41, 5.74) is 1.54. The van der Waals surface area contributed by atoms with Crippen LogP contribution in [0.5, 0.6) is 0 Å². The summed E-state index contributed by atoms with van der Waals surface area (Å²) >= 11 is 5.90. The number of amides is 1. The van der Waals surface area contributed by atoms with Crippen LogP contribution in [0.25, 0.3) is 0 Å². The average Bonchev–Trinajstić information content (AvgIpc) is 3.03. The van der Waals surface area contributed by atoms with Crippen molar-refractivity contribution in [3.05, 3.63) is 64.7 Å². The van der Waals surface area contributed by atoms with Crippen LogP contribution in [0.1, 0.15) is 17.2 Å². The second-order valence-electron chi connectivity index (χ2n) is 6.84. The number of sulfonamides is 1. The molecule has 7 nitrogen and oxygen atoms in total. The minimum atomic E-state index is -3.80. The average molecular weight is 425 g/mol. The molecular weight excluding hydrogens is 404 g/mol. The molecule has 9 heteroatoms. The maximum Gasteiger partial charge on any atom is 0.405 e. The van der Waals surface area contributed by atoms with Crippen LogP contribution in [0.4, 0.5) is 4.79 Å². The Morgan fingerprint density at radius 3 is 2.32 bits per heavy atom. The summed E-state index contributed by atoms with van der Waals surface area (Å²) in [6.07, 6.45) is -2.28. The van der Waals surface area contributed by atoms with E-state index in [4.69, 9.17) is 11.6 Å². The molecule has 3 rings (SSSR count). The van der Waals surface area contributed by atoms with E-state index in [-0.39, 0.29) is 18.0 Å². The molecule has 0 aliphatic carbocycles. The third-order valence-corrected chi connectivity index (χ3v) is 6.99. The Kier molecular flexibility index (Phi) is 5.95. The Labute approximate surface area is 168 Å². The smallest absolute Gasteiger partial charge is 0.405 e. The largest absolute Gasteiger partial charge is 0.465 e. The fraction of sp³-hybridized carbons (Fsp3) is 0.316. The highest BCUT2D eigenvalue weighted by Crippen LogP contribution is 2.34. The number of carbonyl (C=O) groups is 1. The van der Waals surface area contributed by atoms with Crippen molar-refractivity contribution in [3.63, 3.8) is 0 Å². The van der Waals surface area contributed by atoms with Gasteiger partial charge in [-0.2, -0.15) is 4.31 Å². The van der Waals surface area contributed by atoms with Gasteiger partial charge in [-0.3, -0.25) is 0 Å². The Bertz CT molecular complexity index is 947. The van der Waals surface area contributed by atoms with Crippen molar-refractivity contribution in [2.24, 2.45) is 5.92 Å². The molecule has 3 N–H and O–H groups in total. The first-order chi connectivity index (χ1) is 13.2. The summed E-state index contributed by atoms with van der Waals surface area (Å²) in [5, 5.41) is 22.7. The Balaban J connectivity index is 1.88. The number of β-amino-alcohol motifs (C(OH)–C–C–N with tert-alkyl or cyclic N) is 1. The molecule has 0 unspecified atom stereocenters. The summed E-state index contributed by atoms with van der Waals surface area (Å²) in [6, 6.07) is 12.2. The van der Waals surface area contributed by atoms with Gasteiger partial charge in [-0.05, 0) is 36.8 Å². The number of carboxylic acid groups (broad SMARTS) is 1. The van der Waals surface area contributed by atoms with E-state index in [2.05, 4.69) is 5.32 Å². The second kappa shape index (κ2) is 8.08. The Morgan fingerprint density at radius 1 is 1.14 bits per heavy atom. The van der Waals surface area contributed by atoms with Gasteiger partial charge in [0.25, 0.3) is 0 Å². The van der Waals surface area contributed by atoms with Crippen molar-refractivity contribution >= 4 is 27.7 Å². The quantitative estimate of drug-likeness (QED) is 0.684. The number of nitrogens with zero attached hydrogens (tertiary/aromatic N) is 1. The number of hydrogen-bond donors (Lipinski definition) is 3. The van der Waals surface area contributed by atoms with E-state index in [1.807, 2.05) is 6.92 Å². The third-order valence-electron chi connectivity index (χ3n) is 4.89. The summed E-state index contributed by atoms with van der Waals surface area (Å²) in [4.78, 5) is 11.4. The standard InChI is InChI=1S/C19H21ClN2O5S/c1-12-2-8-15(9-3-12)28(26,27)22-10-16(17(23)11-22)18(21-19(24)25)13-4-6-14(20)7-5-13/h2-9,16-18,21,23H,10-11H2,1H3,(H,24,25)/t16-,17+,18-/m0/s1. The summed E-state index contributed by atoms with van der Waals surface area (Å²) < 4.78 is 27.0. The lowest BCUT2D eigenvalue weighted by Gasteiger charge is -2.26. The van der Waals surface area contributed by atoms with Crippen LogP contribution in [0.15, 0.2) is 53.4 Å². The van der Waals surface area contributed by atoms with Gasteiger partial charge in [0, 0.05) is 24.0 Å². The van der Waals surface area contributed by atoms with Gasteiger partial charge in [0.15, 0.2) is 0 Å². The molecule has 1 heterocycles. The molecule has 1 saturated heterocycles. The van der Waals surface area contributed by atoms with Crippen LogP contribution in [0, 0.1) is 12.8 Å². The predicted octanol–water partition coefficient (Wildman–Crippen LogP) is 2.64. The SMILES string of the molecule is Cc1ccc(S(=O)(=O)N2C[C@H]([C@@H](NC(=O)O)c3ccc(Cl)cc3)[C@H](O)C2)cc1. The molecule has 0 aromatic heterocycles. The lowest BCUT2D eigenvalue weighted by molar-refractivity contribution is 0.119. The van der Waals surface area contributed by atoms with E-state index in [1.54, 1.807) is 36.4 Å². The van der Waals surface area contributed by atoms with Crippen LogP contribution in [-0.4, -0.2) is 48.2 Å². The lowest BCUT2D eigenvalue weighted by atomic mass is 9.90.